The van der Waals surface area contributed by atoms with E-state index >= 15 is 0 Å². The Balaban J connectivity index is 1.71. The van der Waals surface area contributed by atoms with Crippen LogP contribution in [0.15, 0.2) is 54.6 Å². The summed E-state index contributed by atoms with van der Waals surface area (Å²) in [6, 6.07) is 18.9. The molecule has 2 aromatic rings. The molecule has 1 aliphatic carbocycles. The van der Waals surface area contributed by atoms with Gasteiger partial charge in [-0.15, -0.1) is 0 Å². The van der Waals surface area contributed by atoms with Crippen molar-refractivity contribution in [2.75, 3.05) is 7.05 Å². The van der Waals surface area contributed by atoms with E-state index in [1.807, 2.05) is 30.3 Å². The fourth-order valence-electron chi connectivity index (χ4n) is 3.33. The summed E-state index contributed by atoms with van der Waals surface area (Å²) >= 11 is 0. The highest BCUT2D eigenvalue weighted by atomic mass is 16.5. The average molecular weight is 281 g/mol. The van der Waals surface area contributed by atoms with Gasteiger partial charge in [-0.2, -0.15) is 0 Å². The molecular formula is C19H23NO. The topological polar surface area (TPSA) is 21.3 Å². The van der Waals surface area contributed by atoms with Crippen molar-refractivity contribution in [3.05, 3.63) is 60.2 Å². The summed E-state index contributed by atoms with van der Waals surface area (Å²) in [6.07, 6.45) is 5.43. The molecule has 0 bridgehead atoms. The van der Waals surface area contributed by atoms with Gasteiger partial charge in [-0.3, -0.25) is 0 Å². The molecule has 1 atom stereocenters. The van der Waals surface area contributed by atoms with Gasteiger partial charge in [0, 0.05) is 6.04 Å². The van der Waals surface area contributed by atoms with Crippen LogP contribution in [-0.2, 0) is 0 Å². The molecule has 2 aromatic carbocycles. The van der Waals surface area contributed by atoms with Gasteiger partial charge in [0.2, 0.25) is 0 Å². The minimum absolute atomic E-state index is 0.471. The maximum Gasteiger partial charge on any atom is 0.127 e. The lowest BCUT2D eigenvalue weighted by molar-refractivity contribution is 0.390. The molecule has 21 heavy (non-hydrogen) atoms. The van der Waals surface area contributed by atoms with Crippen molar-refractivity contribution in [2.24, 2.45) is 5.92 Å². The van der Waals surface area contributed by atoms with Crippen LogP contribution in [0.1, 0.15) is 37.3 Å². The third-order valence-corrected chi connectivity index (χ3v) is 4.40. The van der Waals surface area contributed by atoms with Gasteiger partial charge in [0.15, 0.2) is 0 Å². The average Bonchev–Trinajstić information content (AvgIpc) is 3.05. The zero-order chi connectivity index (χ0) is 14.5. The molecule has 0 spiro atoms. The van der Waals surface area contributed by atoms with E-state index < -0.39 is 0 Å². The molecule has 2 heteroatoms. The van der Waals surface area contributed by atoms with Crippen molar-refractivity contribution in [3.63, 3.8) is 0 Å². The molecule has 1 unspecified atom stereocenters. The molecule has 0 heterocycles. The molecular weight excluding hydrogens is 258 g/mol. The fraction of sp³-hybridized carbons (Fsp3) is 0.368. The molecule has 1 N–H and O–H groups in total. The zero-order valence-corrected chi connectivity index (χ0v) is 12.6. The van der Waals surface area contributed by atoms with Gasteiger partial charge in [-0.25, -0.2) is 0 Å². The Kier molecular flexibility index (Phi) is 4.56. The van der Waals surface area contributed by atoms with Crippen molar-refractivity contribution < 1.29 is 4.74 Å². The summed E-state index contributed by atoms with van der Waals surface area (Å²) in [6.45, 7) is 0. The van der Waals surface area contributed by atoms with Crippen molar-refractivity contribution in [2.45, 2.75) is 31.7 Å². The second-order valence-corrected chi connectivity index (χ2v) is 5.80. The van der Waals surface area contributed by atoms with Crippen LogP contribution in [0.2, 0.25) is 0 Å². The predicted molar refractivity (Wildman–Crippen MR) is 86.7 cm³/mol. The van der Waals surface area contributed by atoms with E-state index in [0.717, 1.165) is 17.4 Å². The van der Waals surface area contributed by atoms with E-state index in [2.05, 4.69) is 36.6 Å². The largest absolute Gasteiger partial charge is 0.457 e. The summed E-state index contributed by atoms with van der Waals surface area (Å²) < 4.78 is 5.85. The van der Waals surface area contributed by atoms with E-state index in [9.17, 15) is 0 Å². The van der Waals surface area contributed by atoms with Crippen molar-refractivity contribution >= 4 is 0 Å². The van der Waals surface area contributed by atoms with Crippen molar-refractivity contribution in [3.8, 4) is 11.5 Å². The number of nitrogens with one attached hydrogen (secondary N) is 1. The van der Waals surface area contributed by atoms with Crippen LogP contribution < -0.4 is 10.1 Å². The number of ether oxygens (including phenoxy) is 1. The van der Waals surface area contributed by atoms with E-state index in [1.165, 1.54) is 31.2 Å². The quantitative estimate of drug-likeness (QED) is 0.839. The normalized spacial score (nSPS) is 16.8. The number of rotatable bonds is 5. The van der Waals surface area contributed by atoms with Gasteiger partial charge in [-0.1, -0.05) is 43.2 Å². The molecule has 0 amide bonds. The molecule has 0 radical (unpaired) electrons. The van der Waals surface area contributed by atoms with E-state index in [4.69, 9.17) is 4.74 Å². The molecule has 2 nitrogen and oxygen atoms in total. The lowest BCUT2D eigenvalue weighted by atomic mass is 9.92. The van der Waals surface area contributed by atoms with E-state index in [1.54, 1.807) is 0 Å². The van der Waals surface area contributed by atoms with E-state index in [-0.39, 0.29) is 0 Å². The lowest BCUT2D eigenvalue weighted by Crippen LogP contribution is -2.23. The Morgan fingerprint density at radius 2 is 1.52 bits per heavy atom. The van der Waals surface area contributed by atoms with Crippen molar-refractivity contribution in [1.29, 1.82) is 0 Å². The second kappa shape index (κ2) is 6.77. The van der Waals surface area contributed by atoms with Crippen LogP contribution >= 0.6 is 0 Å². The molecule has 3 rings (SSSR count). The highest BCUT2D eigenvalue weighted by Gasteiger charge is 2.24. The first kappa shape index (κ1) is 14.2. The summed E-state index contributed by atoms with van der Waals surface area (Å²) in [7, 11) is 2.07. The van der Waals surface area contributed by atoms with Gasteiger partial charge in [-0.05, 0) is 55.6 Å². The molecule has 0 aliphatic heterocycles. The summed E-state index contributed by atoms with van der Waals surface area (Å²) in [5.74, 6) is 2.55. The Morgan fingerprint density at radius 3 is 2.14 bits per heavy atom. The second-order valence-electron chi connectivity index (χ2n) is 5.80. The van der Waals surface area contributed by atoms with E-state index in [0.29, 0.717) is 6.04 Å². The molecule has 110 valence electrons. The Bertz CT molecular complexity index is 544. The number of hydrogen-bond acceptors (Lipinski definition) is 2. The highest BCUT2D eigenvalue weighted by Crippen LogP contribution is 2.36. The molecule has 1 aliphatic rings. The third kappa shape index (κ3) is 3.45. The van der Waals surface area contributed by atoms with Crippen LogP contribution in [0.5, 0.6) is 11.5 Å². The maximum atomic E-state index is 5.85. The van der Waals surface area contributed by atoms with Crippen LogP contribution in [-0.4, -0.2) is 7.05 Å². The molecule has 0 aromatic heterocycles. The molecule has 0 saturated heterocycles. The van der Waals surface area contributed by atoms with Crippen LogP contribution in [0.4, 0.5) is 0 Å². The monoisotopic (exact) mass is 281 g/mol. The van der Waals surface area contributed by atoms with Gasteiger partial charge in [0.1, 0.15) is 11.5 Å². The summed E-state index contributed by atoms with van der Waals surface area (Å²) in [4.78, 5) is 0. The first-order chi connectivity index (χ1) is 10.4. The van der Waals surface area contributed by atoms with Gasteiger partial charge in [0.05, 0.1) is 0 Å². The number of hydrogen-bond donors (Lipinski definition) is 1. The summed E-state index contributed by atoms with van der Waals surface area (Å²) in [5.41, 5.74) is 1.37. The lowest BCUT2D eigenvalue weighted by Gasteiger charge is -2.23. The Hall–Kier alpha value is -1.80. The zero-order valence-electron chi connectivity index (χ0n) is 12.6. The number of para-hydroxylation sites is 1. The molecule has 1 saturated carbocycles. The van der Waals surface area contributed by atoms with Crippen molar-refractivity contribution in [1.82, 2.24) is 5.32 Å². The maximum absolute atomic E-state index is 5.85. The minimum atomic E-state index is 0.471. The fourth-order valence-corrected chi connectivity index (χ4v) is 3.33. The Labute approximate surface area is 127 Å². The number of benzene rings is 2. The predicted octanol–water partition coefficient (Wildman–Crippen LogP) is 4.93. The first-order valence-electron chi connectivity index (χ1n) is 7.87. The smallest absolute Gasteiger partial charge is 0.127 e. The Morgan fingerprint density at radius 1 is 0.905 bits per heavy atom. The van der Waals surface area contributed by atoms with Gasteiger partial charge < -0.3 is 10.1 Å². The van der Waals surface area contributed by atoms with Gasteiger partial charge in [0.25, 0.3) is 0 Å². The summed E-state index contributed by atoms with van der Waals surface area (Å²) in [5, 5.41) is 3.49. The third-order valence-electron chi connectivity index (χ3n) is 4.40. The van der Waals surface area contributed by atoms with Crippen LogP contribution in [0.25, 0.3) is 0 Å². The minimum Gasteiger partial charge on any atom is -0.457 e. The van der Waals surface area contributed by atoms with Gasteiger partial charge >= 0.3 is 0 Å². The highest BCUT2D eigenvalue weighted by molar-refractivity contribution is 5.34. The SMILES string of the molecule is CNC(c1ccc(Oc2ccccc2)cc1)C1CCCC1. The van der Waals surface area contributed by atoms with Crippen LogP contribution in [0, 0.1) is 5.92 Å². The van der Waals surface area contributed by atoms with Crippen LogP contribution in [0.3, 0.4) is 0 Å². The first-order valence-corrected chi connectivity index (χ1v) is 7.87. The standard InChI is InChI=1S/C19H23NO/c1-20-19(15-7-5-6-8-15)16-11-13-18(14-12-16)21-17-9-3-2-4-10-17/h2-4,9-15,19-20H,5-8H2,1H3. The molecule has 1 fully saturated rings.